The van der Waals surface area contributed by atoms with Gasteiger partial charge in [-0.25, -0.2) is 4.98 Å². The van der Waals surface area contributed by atoms with E-state index in [0.717, 1.165) is 49.6 Å². The average Bonchev–Trinajstić information content (AvgIpc) is 2.71. The quantitative estimate of drug-likeness (QED) is 0.712. The molecule has 0 bridgehead atoms. The van der Waals surface area contributed by atoms with Gasteiger partial charge in [-0.1, -0.05) is 0 Å². The maximum atomic E-state index is 9.39. The van der Waals surface area contributed by atoms with Crippen LogP contribution in [-0.2, 0) is 6.54 Å². The number of nitrogens with zero attached hydrogens (tertiary/aromatic N) is 2. The number of aromatic nitrogens is 2. The molecule has 5 heteroatoms. The molecule has 1 aliphatic heterocycles. The summed E-state index contributed by atoms with van der Waals surface area (Å²) in [6.45, 7) is 5.05. The van der Waals surface area contributed by atoms with Crippen LogP contribution in [0.2, 0.25) is 0 Å². The van der Waals surface area contributed by atoms with E-state index >= 15 is 0 Å². The molecule has 2 heterocycles. The molecule has 3 N–H and O–H groups in total. The van der Waals surface area contributed by atoms with Gasteiger partial charge in [0, 0.05) is 32.2 Å². The molecule has 1 aromatic carbocycles. The Morgan fingerprint density at radius 3 is 2.94 bits per heavy atom. The lowest BCUT2D eigenvalue weighted by molar-refractivity contribution is 0.229. The smallest absolute Gasteiger partial charge is 0.121 e. The van der Waals surface area contributed by atoms with Gasteiger partial charge in [-0.3, -0.25) is 4.90 Å². The van der Waals surface area contributed by atoms with Crippen LogP contribution in [0.1, 0.15) is 5.82 Å². The fourth-order valence-corrected chi connectivity index (χ4v) is 2.21. The van der Waals surface area contributed by atoms with Crippen LogP contribution in [0.25, 0.3) is 11.0 Å². The molecule has 0 atom stereocenters. The minimum atomic E-state index is 0.273. The number of phenols is 1. The molecule has 0 unspecified atom stereocenters. The fourth-order valence-electron chi connectivity index (χ4n) is 2.21. The lowest BCUT2D eigenvalue weighted by atomic mass is 10.3. The molecule has 1 fully saturated rings. The number of benzene rings is 1. The van der Waals surface area contributed by atoms with Gasteiger partial charge in [-0.2, -0.15) is 0 Å². The average molecular weight is 232 g/mol. The topological polar surface area (TPSA) is 64.2 Å². The van der Waals surface area contributed by atoms with Gasteiger partial charge in [0.2, 0.25) is 0 Å². The first kappa shape index (κ1) is 10.6. The molecular weight excluding hydrogens is 216 g/mol. The summed E-state index contributed by atoms with van der Waals surface area (Å²) in [6.07, 6.45) is 0. The summed E-state index contributed by atoms with van der Waals surface area (Å²) in [7, 11) is 0. The minimum absolute atomic E-state index is 0.273. The number of nitrogens with one attached hydrogen (secondary N) is 2. The highest BCUT2D eigenvalue weighted by Gasteiger charge is 2.12. The molecule has 17 heavy (non-hydrogen) atoms. The van der Waals surface area contributed by atoms with E-state index in [1.807, 2.05) is 6.07 Å². The van der Waals surface area contributed by atoms with Gasteiger partial charge in [0.1, 0.15) is 11.6 Å². The number of phenolic OH excluding ortho intramolecular Hbond substituents is 1. The highest BCUT2D eigenvalue weighted by molar-refractivity contribution is 5.76. The lowest BCUT2D eigenvalue weighted by Gasteiger charge is -2.26. The molecule has 90 valence electrons. The van der Waals surface area contributed by atoms with Gasteiger partial charge >= 0.3 is 0 Å². The largest absolute Gasteiger partial charge is 0.508 e. The van der Waals surface area contributed by atoms with E-state index in [2.05, 4.69) is 20.2 Å². The Morgan fingerprint density at radius 2 is 2.12 bits per heavy atom. The van der Waals surface area contributed by atoms with Crippen molar-refractivity contribution < 1.29 is 5.11 Å². The number of piperazine rings is 1. The zero-order valence-electron chi connectivity index (χ0n) is 9.61. The summed E-state index contributed by atoms with van der Waals surface area (Å²) in [5, 5.41) is 12.7. The van der Waals surface area contributed by atoms with Crippen LogP contribution in [0.15, 0.2) is 18.2 Å². The first-order chi connectivity index (χ1) is 8.31. The van der Waals surface area contributed by atoms with Gasteiger partial charge in [-0.15, -0.1) is 0 Å². The number of aromatic amines is 1. The minimum Gasteiger partial charge on any atom is -0.508 e. The van der Waals surface area contributed by atoms with E-state index < -0.39 is 0 Å². The van der Waals surface area contributed by atoms with E-state index in [1.165, 1.54) is 0 Å². The lowest BCUT2D eigenvalue weighted by Crippen LogP contribution is -2.43. The summed E-state index contributed by atoms with van der Waals surface area (Å²) in [5.41, 5.74) is 1.81. The van der Waals surface area contributed by atoms with Crippen LogP contribution in [-0.4, -0.2) is 46.2 Å². The number of hydrogen-bond acceptors (Lipinski definition) is 4. The predicted octanol–water partition coefficient (Wildman–Crippen LogP) is 0.674. The molecule has 2 aromatic rings. The van der Waals surface area contributed by atoms with Crippen molar-refractivity contribution in [2.45, 2.75) is 6.54 Å². The molecule has 1 saturated heterocycles. The molecule has 0 spiro atoms. The molecule has 0 aliphatic carbocycles. The molecule has 1 aliphatic rings. The van der Waals surface area contributed by atoms with E-state index in [-0.39, 0.29) is 5.75 Å². The molecule has 1 aromatic heterocycles. The van der Waals surface area contributed by atoms with Gasteiger partial charge < -0.3 is 15.4 Å². The maximum absolute atomic E-state index is 9.39. The second kappa shape index (κ2) is 4.35. The molecule has 0 amide bonds. The van der Waals surface area contributed by atoms with Crippen molar-refractivity contribution in [3.8, 4) is 5.75 Å². The van der Waals surface area contributed by atoms with E-state index in [1.54, 1.807) is 12.1 Å². The molecular formula is C12H16N4O. The second-order valence-corrected chi connectivity index (χ2v) is 4.41. The highest BCUT2D eigenvalue weighted by atomic mass is 16.3. The first-order valence-corrected chi connectivity index (χ1v) is 5.92. The molecule has 0 radical (unpaired) electrons. The summed E-state index contributed by atoms with van der Waals surface area (Å²) < 4.78 is 0. The van der Waals surface area contributed by atoms with Crippen molar-refractivity contribution in [3.63, 3.8) is 0 Å². The zero-order valence-corrected chi connectivity index (χ0v) is 9.61. The molecule has 5 nitrogen and oxygen atoms in total. The van der Waals surface area contributed by atoms with Crippen molar-refractivity contribution >= 4 is 11.0 Å². The number of fused-ring (bicyclic) bond motifs is 1. The third-order valence-corrected chi connectivity index (χ3v) is 3.10. The highest BCUT2D eigenvalue weighted by Crippen LogP contribution is 2.18. The van der Waals surface area contributed by atoms with Crippen molar-refractivity contribution in [1.82, 2.24) is 20.2 Å². The number of rotatable bonds is 2. The Labute approximate surface area is 99.5 Å². The Kier molecular flexibility index (Phi) is 2.70. The van der Waals surface area contributed by atoms with Gasteiger partial charge in [0.15, 0.2) is 0 Å². The maximum Gasteiger partial charge on any atom is 0.121 e. The third-order valence-electron chi connectivity index (χ3n) is 3.10. The van der Waals surface area contributed by atoms with Crippen molar-refractivity contribution in [2.24, 2.45) is 0 Å². The Hall–Kier alpha value is -1.59. The van der Waals surface area contributed by atoms with Gasteiger partial charge in [0.05, 0.1) is 17.6 Å². The zero-order chi connectivity index (χ0) is 11.7. The van der Waals surface area contributed by atoms with E-state index in [9.17, 15) is 5.11 Å². The summed E-state index contributed by atoms with van der Waals surface area (Å²) in [4.78, 5) is 10.1. The number of H-pyrrole nitrogens is 1. The third kappa shape index (κ3) is 2.25. The van der Waals surface area contributed by atoms with Crippen LogP contribution in [0.5, 0.6) is 5.75 Å². The van der Waals surface area contributed by atoms with Gasteiger partial charge in [-0.05, 0) is 12.1 Å². The van der Waals surface area contributed by atoms with Crippen molar-refractivity contribution in [3.05, 3.63) is 24.0 Å². The Bertz CT molecular complexity index is 516. The Balaban J connectivity index is 1.80. The monoisotopic (exact) mass is 232 g/mol. The summed E-state index contributed by atoms with van der Waals surface area (Å²) >= 11 is 0. The second-order valence-electron chi connectivity index (χ2n) is 4.41. The summed E-state index contributed by atoms with van der Waals surface area (Å²) in [5.74, 6) is 1.24. The van der Waals surface area contributed by atoms with Crippen LogP contribution < -0.4 is 5.32 Å². The summed E-state index contributed by atoms with van der Waals surface area (Å²) in [6, 6.07) is 5.21. The number of hydrogen-bond donors (Lipinski definition) is 3. The van der Waals surface area contributed by atoms with Crippen LogP contribution in [0.4, 0.5) is 0 Å². The number of aromatic hydroxyl groups is 1. The van der Waals surface area contributed by atoms with E-state index in [4.69, 9.17) is 0 Å². The van der Waals surface area contributed by atoms with Gasteiger partial charge in [0.25, 0.3) is 0 Å². The predicted molar refractivity (Wildman–Crippen MR) is 65.9 cm³/mol. The van der Waals surface area contributed by atoms with Crippen molar-refractivity contribution in [2.75, 3.05) is 26.2 Å². The fraction of sp³-hybridized carbons (Fsp3) is 0.417. The van der Waals surface area contributed by atoms with Crippen molar-refractivity contribution in [1.29, 1.82) is 0 Å². The van der Waals surface area contributed by atoms with E-state index in [0.29, 0.717) is 0 Å². The number of imidazole rings is 1. The SMILES string of the molecule is Oc1ccc2nc(CN3CCNCC3)[nH]c2c1. The normalized spacial score (nSPS) is 17.6. The standard InChI is InChI=1S/C12H16N4O/c17-9-1-2-10-11(7-9)15-12(14-10)8-16-5-3-13-4-6-16/h1-2,7,13,17H,3-6,8H2,(H,14,15). The van der Waals surface area contributed by atoms with Crippen LogP contribution >= 0.6 is 0 Å². The van der Waals surface area contributed by atoms with Crippen LogP contribution in [0, 0.1) is 0 Å². The molecule has 0 saturated carbocycles. The Morgan fingerprint density at radius 1 is 1.29 bits per heavy atom. The first-order valence-electron chi connectivity index (χ1n) is 5.92. The molecule has 3 rings (SSSR count). The van der Waals surface area contributed by atoms with Crippen LogP contribution in [0.3, 0.4) is 0 Å².